The normalized spacial score (nSPS) is 11.5. The summed E-state index contributed by atoms with van der Waals surface area (Å²) in [7, 11) is 1.57. The molecule has 0 saturated heterocycles. The zero-order valence-corrected chi connectivity index (χ0v) is 15.3. The summed E-state index contributed by atoms with van der Waals surface area (Å²) in [6, 6.07) is 11.5. The minimum Gasteiger partial charge on any atom is -0.497 e. The molecule has 0 aliphatic rings. The van der Waals surface area contributed by atoms with Crippen molar-refractivity contribution in [3.05, 3.63) is 58.1 Å². The van der Waals surface area contributed by atoms with Crippen LogP contribution < -0.4 is 15.4 Å². The van der Waals surface area contributed by atoms with Crippen molar-refractivity contribution in [2.75, 3.05) is 12.4 Å². The lowest BCUT2D eigenvalue weighted by Gasteiger charge is -2.18. The Balaban J connectivity index is 2.13. The summed E-state index contributed by atoms with van der Waals surface area (Å²) in [6.07, 6.45) is 0.0503. The Labute approximate surface area is 156 Å². The maximum atomic E-state index is 12.4. The van der Waals surface area contributed by atoms with Gasteiger partial charge in [-0.1, -0.05) is 35.3 Å². The van der Waals surface area contributed by atoms with Gasteiger partial charge in [-0.15, -0.1) is 0 Å². The van der Waals surface area contributed by atoms with Gasteiger partial charge in [-0.25, -0.2) is 0 Å². The van der Waals surface area contributed by atoms with E-state index in [-0.39, 0.29) is 18.2 Å². The highest BCUT2D eigenvalue weighted by atomic mass is 35.5. The Morgan fingerprint density at radius 3 is 2.40 bits per heavy atom. The maximum absolute atomic E-state index is 12.4. The van der Waals surface area contributed by atoms with E-state index in [1.807, 2.05) is 0 Å². The van der Waals surface area contributed by atoms with Crippen LogP contribution in [0.5, 0.6) is 5.75 Å². The van der Waals surface area contributed by atoms with E-state index < -0.39 is 6.04 Å². The molecule has 0 heterocycles. The SMILES string of the molecule is COc1ccc([C@H](CC(=O)Nc2cc(Cl)ccc2Cl)NC(C)=O)cc1. The number of carbonyl (C=O) groups is 2. The first kappa shape index (κ1) is 19.1. The summed E-state index contributed by atoms with van der Waals surface area (Å²) >= 11 is 12.0. The van der Waals surface area contributed by atoms with Crippen LogP contribution >= 0.6 is 23.2 Å². The fraction of sp³-hybridized carbons (Fsp3) is 0.222. The first-order chi connectivity index (χ1) is 11.9. The van der Waals surface area contributed by atoms with Crippen LogP contribution in [0.25, 0.3) is 0 Å². The topological polar surface area (TPSA) is 67.4 Å². The molecule has 1 atom stereocenters. The average molecular weight is 381 g/mol. The molecule has 0 saturated carbocycles. The van der Waals surface area contributed by atoms with Crippen molar-refractivity contribution in [3.63, 3.8) is 0 Å². The van der Waals surface area contributed by atoms with Crippen molar-refractivity contribution in [1.29, 1.82) is 0 Å². The van der Waals surface area contributed by atoms with E-state index in [1.54, 1.807) is 49.6 Å². The summed E-state index contributed by atoms with van der Waals surface area (Å²) in [4.78, 5) is 23.9. The fourth-order valence-corrected chi connectivity index (χ4v) is 2.65. The number of carbonyl (C=O) groups excluding carboxylic acids is 2. The molecule has 0 spiro atoms. The van der Waals surface area contributed by atoms with Gasteiger partial charge in [0.15, 0.2) is 0 Å². The molecule has 0 bridgehead atoms. The van der Waals surface area contributed by atoms with Crippen LogP contribution in [0.4, 0.5) is 5.69 Å². The second-order valence-electron chi connectivity index (χ2n) is 5.40. The molecule has 2 N–H and O–H groups in total. The first-order valence-electron chi connectivity index (χ1n) is 7.55. The van der Waals surface area contributed by atoms with Crippen LogP contribution in [0.15, 0.2) is 42.5 Å². The summed E-state index contributed by atoms with van der Waals surface area (Å²) in [5.41, 5.74) is 1.22. The molecule has 0 aliphatic carbocycles. The highest BCUT2D eigenvalue weighted by molar-refractivity contribution is 6.35. The van der Waals surface area contributed by atoms with Gasteiger partial charge in [0.05, 0.1) is 30.3 Å². The Kier molecular flexibility index (Phi) is 6.67. The van der Waals surface area contributed by atoms with Crippen LogP contribution in [-0.2, 0) is 9.59 Å². The van der Waals surface area contributed by atoms with Crippen molar-refractivity contribution in [2.24, 2.45) is 0 Å². The molecule has 0 unspecified atom stereocenters. The largest absolute Gasteiger partial charge is 0.497 e. The van der Waals surface area contributed by atoms with Crippen molar-refractivity contribution < 1.29 is 14.3 Å². The molecule has 2 aromatic carbocycles. The zero-order chi connectivity index (χ0) is 18.4. The minimum atomic E-state index is -0.471. The molecule has 25 heavy (non-hydrogen) atoms. The monoisotopic (exact) mass is 380 g/mol. The number of hydrogen-bond acceptors (Lipinski definition) is 3. The predicted octanol–water partition coefficient (Wildman–Crippen LogP) is 4.21. The van der Waals surface area contributed by atoms with Crippen molar-refractivity contribution in [1.82, 2.24) is 5.32 Å². The number of nitrogens with one attached hydrogen (secondary N) is 2. The summed E-state index contributed by atoms with van der Waals surface area (Å²) in [6.45, 7) is 1.41. The number of rotatable bonds is 6. The number of hydrogen-bond donors (Lipinski definition) is 2. The molecule has 2 rings (SSSR count). The van der Waals surface area contributed by atoms with Gasteiger partial charge in [-0.3, -0.25) is 9.59 Å². The van der Waals surface area contributed by atoms with Crippen molar-refractivity contribution in [2.45, 2.75) is 19.4 Å². The second-order valence-corrected chi connectivity index (χ2v) is 6.25. The van der Waals surface area contributed by atoms with Gasteiger partial charge in [0.25, 0.3) is 0 Å². The van der Waals surface area contributed by atoms with Crippen LogP contribution in [0, 0.1) is 0 Å². The number of amides is 2. The van der Waals surface area contributed by atoms with Gasteiger partial charge in [-0.05, 0) is 35.9 Å². The molecule has 132 valence electrons. The van der Waals surface area contributed by atoms with Gasteiger partial charge < -0.3 is 15.4 Å². The van der Waals surface area contributed by atoms with Gasteiger partial charge in [0, 0.05) is 11.9 Å². The van der Waals surface area contributed by atoms with E-state index in [0.717, 1.165) is 5.56 Å². The highest BCUT2D eigenvalue weighted by Gasteiger charge is 2.18. The maximum Gasteiger partial charge on any atom is 0.226 e. The lowest BCUT2D eigenvalue weighted by molar-refractivity contribution is -0.120. The third-order valence-corrected chi connectivity index (χ3v) is 4.05. The molecule has 0 radical (unpaired) electrons. The minimum absolute atomic E-state index is 0.0503. The number of halogens is 2. The molecular formula is C18H18Cl2N2O3. The Bertz CT molecular complexity index is 763. The molecule has 5 nitrogen and oxygen atoms in total. The third kappa shape index (κ3) is 5.66. The van der Waals surface area contributed by atoms with Gasteiger partial charge in [0.2, 0.25) is 11.8 Å². The Morgan fingerprint density at radius 1 is 1.12 bits per heavy atom. The number of anilines is 1. The van der Waals surface area contributed by atoms with Crippen LogP contribution in [0.3, 0.4) is 0 Å². The third-order valence-electron chi connectivity index (χ3n) is 3.49. The van der Waals surface area contributed by atoms with E-state index in [0.29, 0.717) is 21.5 Å². The Hall–Kier alpha value is -2.24. The van der Waals surface area contributed by atoms with Crippen LogP contribution in [0.1, 0.15) is 24.9 Å². The fourth-order valence-electron chi connectivity index (χ4n) is 2.31. The van der Waals surface area contributed by atoms with Crippen LogP contribution in [-0.4, -0.2) is 18.9 Å². The molecule has 2 amide bonds. The summed E-state index contributed by atoms with van der Waals surface area (Å²) in [5, 5.41) is 6.35. The summed E-state index contributed by atoms with van der Waals surface area (Å²) < 4.78 is 5.12. The smallest absolute Gasteiger partial charge is 0.226 e. The van der Waals surface area contributed by atoms with E-state index in [9.17, 15) is 9.59 Å². The molecule has 2 aromatic rings. The van der Waals surface area contributed by atoms with Gasteiger partial charge >= 0.3 is 0 Å². The molecule has 0 aliphatic heterocycles. The highest BCUT2D eigenvalue weighted by Crippen LogP contribution is 2.26. The number of ether oxygens (including phenoxy) is 1. The molecular weight excluding hydrogens is 363 g/mol. The lowest BCUT2D eigenvalue weighted by Crippen LogP contribution is -2.29. The van der Waals surface area contributed by atoms with E-state index in [2.05, 4.69) is 10.6 Å². The Morgan fingerprint density at radius 2 is 1.80 bits per heavy atom. The van der Waals surface area contributed by atoms with E-state index >= 15 is 0 Å². The lowest BCUT2D eigenvalue weighted by atomic mass is 10.0. The standard InChI is InChI=1S/C18H18Cl2N2O3/c1-11(23)21-16(12-3-6-14(25-2)7-4-12)10-18(24)22-17-9-13(19)5-8-15(17)20/h3-9,16H,10H2,1-2H3,(H,21,23)(H,22,24)/t16-/m0/s1. The number of benzene rings is 2. The van der Waals surface area contributed by atoms with Gasteiger partial charge in [-0.2, -0.15) is 0 Å². The quantitative estimate of drug-likeness (QED) is 0.788. The molecule has 0 fully saturated rings. The van der Waals surface area contributed by atoms with Gasteiger partial charge in [0.1, 0.15) is 5.75 Å². The predicted molar refractivity (Wildman–Crippen MR) is 99.3 cm³/mol. The average Bonchev–Trinajstić information content (AvgIpc) is 2.57. The van der Waals surface area contributed by atoms with Crippen molar-refractivity contribution in [3.8, 4) is 5.75 Å². The second kappa shape index (κ2) is 8.74. The van der Waals surface area contributed by atoms with Crippen LogP contribution in [0.2, 0.25) is 10.0 Å². The molecule has 0 aromatic heterocycles. The van der Waals surface area contributed by atoms with Crippen molar-refractivity contribution >= 4 is 40.7 Å². The number of methoxy groups -OCH3 is 1. The van der Waals surface area contributed by atoms with E-state index in [4.69, 9.17) is 27.9 Å². The molecule has 7 heteroatoms. The zero-order valence-electron chi connectivity index (χ0n) is 13.8. The first-order valence-corrected chi connectivity index (χ1v) is 8.30. The summed E-state index contributed by atoms with van der Waals surface area (Å²) in [5.74, 6) is 0.175. The van der Waals surface area contributed by atoms with E-state index in [1.165, 1.54) is 6.92 Å².